The van der Waals surface area contributed by atoms with Crippen LogP contribution in [0.1, 0.15) is 13.8 Å². The van der Waals surface area contributed by atoms with Gasteiger partial charge in [-0.15, -0.1) is 0 Å². The zero-order chi connectivity index (χ0) is 12.0. The lowest BCUT2D eigenvalue weighted by molar-refractivity contribution is -0.546. The molecule has 0 radical (unpaired) electrons. The summed E-state index contributed by atoms with van der Waals surface area (Å²) in [5, 5.41) is 10.8. The minimum absolute atomic E-state index is 0.210. The fourth-order valence-electron chi connectivity index (χ4n) is 1.22. The molecule has 16 heavy (non-hydrogen) atoms. The van der Waals surface area contributed by atoms with Gasteiger partial charge in [0.25, 0.3) is 0 Å². The number of anilines is 1. The predicted molar refractivity (Wildman–Crippen MR) is 58.7 cm³/mol. The van der Waals surface area contributed by atoms with Gasteiger partial charge < -0.3 is 4.74 Å². The van der Waals surface area contributed by atoms with Crippen LogP contribution in [0.5, 0.6) is 5.75 Å². The van der Waals surface area contributed by atoms with Crippen LogP contribution in [0.4, 0.5) is 5.69 Å². The molecule has 0 aromatic heterocycles. The Hall–Kier alpha value is -1.82. The van der Waals surface area contributed by atoms with Crippen LogP contribution in [0.3, 0.4) is 0 Å². The van der Waals surface area contributed by atoms with Crippen molar-refractivity contribution in [3.05, 3.63) is 34.4 Å². The van der Waals surface area contributed by atoms with Crippen LogP contribution in [0.15, 0.2) is 24.3 Å². The number of ether oxygens (including phenoxy) is 1. The minimum atomic E-state index is -0.624. The third-order valence-electron chi connectivity index (χ3n) is 1.77. The Bertz CT molecular complexity index is 356. The summed E-state index contributed by atoms with van der Waals surface area (Å²) in [5.74, 6) is 0.426. The number of hydrogen-bond donors (Lipinski definition) is 0. The van der Waals surface area contributed by atoms with Crippen molar-refractivity contribution in [2.24, 2.45) is 0 Å². The molecule has 0 atom stereocenters. The highest BCUT2D eigenvalue weighted by Gasteiger charge is 2.22. The first-order chi connectivity index (χ1) is 7.70. The third kappa shape index (κ3) is 2.83. The summed E-state index contributed by atoms with van der Waals surface area (Å²) in [6, 6.07) is 6.67. The Morgan fingerprint density at radius 1 is 1.31 bits per heavy atom. The summed E-state index contributed by atoms with van der Waals surface area (Å²) in [5.41, 5.74) is 0.288. The summed E-state index contributed by atoms with van der Waals surface area (Å²) in [6.45, 7) is 4.14. The molecule has 0 unspecified atom stereocenters. The Labute approximate surface area is 93.5 Å². The lowest BCUT2D eigenvalue weighted by Gasteiger charge is -2.15. The smallest absolute Gasteiger partial charge is 0.192 e. The third-order valence-corrected chi connectivity index (χ3v) is 1.77. The Balaban J connectivity index is 3.02. The van der Waals surface area contributed by atoms with Gasteiger partial charge in [0.1, 0.15) is 0 Å². The molecule has 0 fully saturated rings. The van der Waals surface area contributed by atoms with Gasteiger partial charge >= 0.3 is 0 Å². The lowest BCUT2D eigenvalue weighted by atomic mass is 10.3. The second kappa shape index (κ2) is 5.92. The Morgan fingerprint density at radius 2 is 2.00 bits per heavy atom. The van der Waals surface area contributed by atoms with Crippen LogP contribution in [0, 0.1) is 10.1 Å². The molecule has 1 aromatic rings. The molecule has 1 aromatic carbocycles. The molecule has 0 saturated heterocycles. The predicted octanol–water partition coefficient (Wildman–Crippen LogP) is 2.03. The molecular weight excluding hydrogens is 212 g/mol. The molecule has 0 aliphatic rings. The fraction of sp³-hybridized carbons (Fsp3) is 0.400. The monoisotopic (exact) mass is 226 g/mol. The number of nitrogens with zero attached hydrogens (tertiary/aromatic N) is 2. The number of hydrogen-bond acceptors (Lipinski definition) is 4. The first-order valence-corrected chi connectivity index (χ1v) is 4.99. The normalized spacial score (nSPS) is 9.88. The summed E-state index contributed by atoms with van der Waals surface area (Å²) in [4.78, 5) is 15.7. The lowest BCUT2D eigenvalue weighted by Crippen LogP contribution is -2.30. The quantitative estimate of drug-likeness (QED) is 0.548. The maximum atomic E-state index is 10.8. The number of nitro groups is 1. The molecule has 88 valence electrons. The van der Waals surface area contributed by atoms with Crippen LogP contribution >= 0.6 is 0 Å². The number of rotatable bonds is 6. The van der Waals surface area contributed by atoms with Gasteiger partial charge in [-0.05, 0) is 26.0 Å². The van der Waals surface area contributed by atoms with Gasteiger partial charge in [-0.25, -0.2) is 15.0 Å². The van der Waals surface area contributed by atoms with Crippen molar-refractivity contribution in [2.45, 2.75) is 13.8 Å². The maximum absolute atomic E-state index is 10.8. The van der Waals surface area contributed by atoms with Crippen molar-refractivity contribution in [3.8, 4) is 5.75 Å². The molecule has 1 rings (SSSR count). The molecule has 6 heteroatoms. The van der Waals surface area contributed by atoms with Crippen molar-refractivity contribution >= 4 is 5.69 Å². The standard InChI is InChI=1S/C10H14N2O4/c1-3-15-10-8-6-5-7-9(10)11(12(13)14)16-4-2/h5-8H,3-4H2,1-2H3. The molecule has 0 heterocycles. The second-order valence-corrected chi connectivity index (χ2v) is 2.83. The van der Waals surface area contributed by atoms with Gasteiger partial charge in [-0.3, -0.25) is 0 Å². The van der Waals surface area contributed by atoms with Gasteiger partial charge in [-0.2, -0.15) is 0 Å². The van der Waals surface area contributed by atoms with Gasteiger partial charge in [-0.1, -0.05) is 12.1 Å². The molecule has 6 nitrogen and oxygen atoms in total. The molecule has 0 saturated carbocycles. The highest BCUT2D eigenvalue weighted by molar-refractivity contribution is 5.54. The van der Waals surface area contributed by atoms with Gasteiger partial charge in [0.05, 0.1) is 13.2 Å². The van der Waals surface area contributed by atoms with E-state index in [0.29, 0.717) is 17.5 Å². The zero-order valence-electron chi connectivity index (χ0n) is 9.25. The van der Waals surface area contributed by atoms with E-state index in [0.717, 1.165) is 0 Å². The van der Waals surface area contributed by atoms with E-state index in [1.54, 1.807) is 31.2 Å². The molecular formula is C10H14N2O4. The van der Waals surface area contributed by atoms with E-state index >= 15 is 0 Å². The summed E-state index contributed by atoms with van der Waals surface area (Å²) < 4.78 is 5.29. The van der Waals surface area contributed by atoms with Crippen LogP contribution < -0.4 is 9.91 Å². The van der Waals surface area contributed by atoms with E-state index in [2.05, 4.69) is 0 Å². The van der Waals surface area contributed by atoms with Crippen LogP contribution in [0.25, 0.3) is 0 Å². The molecule has 0 amide bonds. The maximum Gasteiger partial charge on any atom is 0.192 e. The largest absolute Gasteiger partial charge is 0.491 e. The average Bonchev–Trinajstić information content (AvgIpc) is 2.27. The number of para-hydroxylation sites is 2. The molecule has 0 spiro atoms. The summed E-state index contributed by atoms with van der Waals surface area (Å²) in [6.07, 6.45) is 0. The Morgan fingerprint density at radius 3 is 2.56 bits per heavy atom. The fourth-order valence-corrected chi connectivity index (χ4v) is 1.22. The zero-order valence-corrected chi connectivity index (χ0v) is 9.25. The average molecular weight is 226 g/mol. The molecule has 0 N–H and O–H groups in total. The second-order valence-electron chi connectivity index (χ2n) is 2.83. The van der Waals surface area contributed by atoms with E-state index in [-0.39, 0.29) is 12.3 Å². The first kappa shape index (κ1) is 12.3. The van der Waals surface area contributed by atoms with E-state index in [4.69, 9.17) is 9.57 Å². The van der Waals surface area contributed by atoms with Crippen molar-refractivity contribution in [1.82, 2.24) is 0 Å². The van der Waals surface area contributed by atoms with E-state index in [1.165, 1.54) is 0 Å². The molecule has 0 bridgehead atoms. The van der Waals surface area contributed by atoms with Crippen molar-refractivity contribution in [2.75, 3.05) is 18.4 Å². The summed E-state index contributed by atoms with van der Waals surface area (Å²) >= 11 is 0. The molecule has 0 aliphatic heterocycles. The minimum Gasteiger partial charge on any atom is -0.491 e. The van der Waals surface area contributed by atoms with Gasteiger partial charge in [0.15, 0.2) is 16.5 Å². The highest BCUT2D eigenvalue weighted by Crippen LogP contribution is 2.28. The van der Waals surface area contributed by atoms with Gasteiger partial charge in [0.2, 0.25) is 0 Å². The SMILES string of the molecule is CCOc1ccccc1N(OCC)[N+](=O)[O-]. The highest BCUT2D eigenvalue weighted by atomic mass is 16.8. The van der Waals surface area contributed by atoms with Crippen LogP contribution in [-0.2, 0) is 4.84 Å². The van der Waals surface area contributed by atoms with Crippen LogP contribution in [0.2, 0.25) is 0 Å². The van der Waals surface area contributed by atoms with Crippen molar-refractivity contribution in [3.63, 3.8) is 0 Å². The number of hydrazine groups is 1. The van der Waals surface area contributed by atoms with E-state index in [9.17, 15) is 10.1 Å². The van der Waals surface area contributed by atoms with Crippen molar-refractivity contribution in [1.29, 1.82) is 0 Å². The van der Waals surface area contributed by atoms with Crippen molar-refractivity contribution < 1.29 is 14.6 Å². The topological polar surface area (TPSA) is 64.8 Å². The number of benzene rings is 1. The van der Waals surface area contributed by atoms with Gasteiger partial charge in [0, 0.05) is 5.17 Å². The summed E-state index contributed by atoms with van der Waals surface area (Å²) in [7, 11) is 0. The van der Waals surface area contributed by atoms with Crippen LogP contribution in [-0.4, -0.2) is 18.2 Å². The molecule has 0 aliphatic carbocycles. The van der Waals surface area contributed by atoms with E-state index < -0.39 is 5.03 Å². The van der Waals surface area contributed by atoms with E-state index in [1.807, 2.05) is 6.92 Å². The Kier molecular flexibility index (Phi) is 4.53. The first-order valence-electron chi connectivity index (χ1n) is 4.99.